The summed E-state index contributed by atoms with van der Waals surface area (Å²) < 4.78 is 0. The molecule has 0 saturated heterocycles. The number of hydrogen-bond acceptors (Lipinski definition) is 5. The molecule has 0 bridgehead atoms. The summed E-state index contributed by atoms with van der Waals surface area (Å²) >= 11 is 1.82. The smallest absolute Gasteiger partial charge is 0.146 e. The average molecular weight is 304 g/mol. The first-order valence-electron chi connectivity index (χ1n) is 7.94. The van der Waals surface area contributed by atoms with Crippen LogP contribution in [0.3, 0.4) is 0 Å². The number of unbranched alkanes of at least 4 members (excludes halogenated alkanes) is 1. The van der Waals surface area contributed by atoms with Crippen LogP contribution in [0.5, 0.6) is 0 Å². The van der Waals surface area contributed by atoms with E-state index in [1.807, 2.05) is 11.3 Å². The number of aromatic nitrogens is 2. The zero-order valence-electron chi connectivity index (χ0n) is 13.0. The van der Waals surface area contributed by atoms with E-state index in [-0.39, 0.29) is 0 Å². The van der Waals surface area contributed by atoms with Gasteiger partial charge < -0.3 is 5.73 Å². The van der Waals surface area contributed by atoms with Crippen molar-refractivity contribution in [3.8, 4) is 0 Å². The molecular weight excluding hydrogens is 280 g/mol. The van der Waals surface area contributed by atoms with Crippen molar-refractivity contribution in [1.82, 2.24) is 14.9 Å². The molecule has 5 heteroatoms. The minimum atomic E-state index is 0.679. The normalized spacial score (nSPS) is 14.8. The summed E-state index contributed by atoms with van der Waals surface area (Å²) in [6.07, 6.45) is 7.30. The number of anilines is 1. The molecule has 0 aromatic carbocycles. The van der Waals surface area contributed by atoms with Gasteiger partial charge in [-0.05, 0) is 51.3 Å². The summed E-state index contributed by atoms with van der Waals surface area (Å²) in [4.78, 5) is 14.2. The summed E-state index contributed by atoms with van der Waals surface area (Å²) in [5.74, 6) is 1.54. The van der Waals surface area contributed by atoms with Crippen LogP contribution in [0.1, 0.15) is 48.9 Å². The van der Waals surface area contributed by atoms with E-state index in [2.05, 4.69) is 23.9 Å². The molecule has 2 aromatic heterocycles. The van der Waals surface area contributed by atoms with Crippen LogP contribution in [-0.2, 0) is 19.4 Å². The van der Waals surface area contributed by atoms with E-state index in [1.165, 1.54) is 42.5 Å². The SMILES string of the molecule is CCCCN(C)Cc1nc(N)c2c3c(sc2n1)CCCC3. The molecule has 0 spiro atoms. The molecule has 0 unspecified atom stereocenters. The molecule has 0 fully saturated rings. The van der Waals surface area contributed by atoms with Gasteiger partial charge in [0.15, 0.2) is 0 Å². The number of nitrogen functional groups attached to an aromatic ring is 1. The Kier molecular flexibility index (Phi) is 4.40. The lowest BCUT2D eigenvalue weighted by Crippen LogP contribution is -2.20. The van der Waals surface area contributed by atoms with Gasteiger partial charge in [0.25, 0.3) is 0 Å². The maximum atomic E-state index is 6.24. The highest BCUT2D eigenvalue weighted by atomic mass is 32.1. The van der Waals surface area contributed by atoms with Gasteiger partial charge in [0.1, 0.15) is 16.5 Å². The Balaban J connectivity index is 1.89. The van der Waals surface area contributed by atoms with E-state index in [9.17, 15) is 0 Å². The minimum Gasteiger partial charge on any atom is -0.383 e. The summed E-state index contributed by atoms with van der Waals surface area (Å²) in [6.45, 7) is 4.08. The van der Waals surface area contributed by atoms with Crippen LogP contribution in [-0.4, -0.2) is 28.5 Å². The van der Waals surface area contributed by atoms with Crippen LogP contribution in [0.25, 0.3) is 10.2 Å². The lowest BCUT2D eigenvalue weighted by atomic mass is 9.97. The molecular formula is C16H24N4S. The predicted molar refractivity (Wildman–Crippen MR) is 89.7 cm³/mol. The second kappa shape index (κ2) is 6.28. The zero-order chi connectivity index (χ0) is 14.8. The lowest BCUT2D eigenvalue weighted by Gasteiger charge is -2.15. The van der Waals surface area contributed by atoms with E-state index in [0.29, 0.717) is 5.82 Å². The molecule has 2 aromatic rings. The van der Waals surface area contributed by atoms with Crippen molar-refractivity contribution in [3.05, 3.63) is 16.3 Å². The van der Waals surface area contributed by atoms with Crippen LogP contribution in [0.4, 0.5) is 5.82 Å². The van der Waals surface area contributed by atoms with Crippen LogP contribution >= 0.6 is 11.3 Å². The summed E-state index contributed by atoms with van der Waals surface area (Å²) in [5, 5.41) is 1.13. The monoisotopic (exact) mass is 304 g/mol. The van der Waals surface area contributed by atoms with Crippen molar-refractivity contribution in [3.63, 3.8) is 0 Å². The van der Waals surface area contributed by atoms with E-state index in [1.54, 1.807) is 0 Å². The first-order chi connectivity index (χ1) is 10.2. The Hall–Kier alpha value is -1.20. The van der Waals surface area contributed by atoms with Crippen LogP contribution in [0.2, 0.25) is 0 Å². The number of nitrogens with two attached hydrogens (primary N) is 1. The second-order valence-electron chi connectivity index (χ2n) is 6.01. The fourth-order valence-electron chi connectivity index (χ4n) is 3.05. The van der Waals surface area contributed by atoms with Gasteiger partial charge in [-0.25, -0.2) is 9.97 Å². The van der Waals surface area contributed by atoms with Gasteiger partial charge in [-0.3, -0.25) is 4.90 Å². The average Bonchev–Trinajstić information content (AvgIpc) is 2.83. The molecule has 0 atom stereocenters. The van der Waals surface area contributed by atoms with E-state index in [0.717, 1.165) is 35.6 Å². The lowest BCUT2D eigenvalue weighted by molar-refractivity contribution is 0.313. The Labute approximate surface area is 130 Å². The van der Waals surface area contributed by atoms with Crippen molar-refractivity contribution in [2.75, 3.05) is 19.3 Å². The third kappa shape index (κ3) is 3.04. The highest BCUT2D eigenvalue weighted by molar-refractivity contribution is 7.19. The molecule has 114 valence electrons. The highest BCUT2D eigenvalue weighted by Crippen LogP contribution is 2.37. The summed E-state index contributed by atoms with van der Waals surface area (Å²) in [5.41, 5.74) is 7.66. The molecule has 2 N–H and O–H groups in total. The minimum absolute atomic E-state index is 0.679. The second-order valence-corrected chi connectivity index (χ2v) is 7.09. The Morgan fingerprint density at radius 2 is 2.05 bits per heavy atom. The van der Waals surface area contributed by atoms with Crippen molar-refractivity contribution in [1.29, 1.82) is 0 Å². The third-order valence-electron chi connectivity index (χ3n) is 4.19. The third-order valence-corrected chi connectivity index (χ3v) is 5.38. The molecule has 0 aliphatic heterocycles. The van der Waals surface area contributed by atoms with Crippen molar-refractivity contribution < 1.29 is 0 Å². The first-order valence-corrected chi connectivity index (χ1v) is 8.76. The summed E-state index contributed by atoms with van der Waals surface area (Å²) in [7, 11) is 2.12. The first kappa shape index (κ1) is 14.7. The molecule has 0 radical (unpaired) electrons. The van der Waals surface area contributed by atoms with E-state index in [4.69, 9.17) is 10.7 Å². The van der Waals surface area contributed by atoms with Gasteiger partial charge in [0, 0.05) is 4.88 Å². The molecule has 0 saturated carbocycles. The maximum absolute atomic E-state index is 6.24. The van der Waals surface area contributed by atoms with Crippen LogP contribution in [0, 0.1) is 0 Å². The van der Waals surface area contributed by atoms with Gasteiger partial charge in [-0.15, -0.1) is 11.3 Å². The van der Waals surface area contributed by atoms with Crippen LogP contribution in [0.15, 0.2) is 0 Å². The molecule has 0 amide bonds. The summed E-state index contributed by atoms with van der Waals surface area (Å²) in [6, 6.07) is 0. The van der Waals surface area contributed by atoms with Gasteiger partial charge in [-0.2, -0.15) is 0 Å². The predicted octanol–water partition coefficient (Wildman–Crippen LogP) is 3.38. The van der Waals surface area contributed by atoms with Crippen LogP contribution < -0.4 is 5.73 Å². The Bertz CT molecular complexity index is 635. The molecule has 2 heterocycles. The zero-order valence-corrected chi connectivity index (χ0v) is 13.8. The Morgan fingerprint density at radius 3 is 2.86 bits per heavy atom. The van der Waals surface area contributed by atoms with E-state index < -0.39 is 0 Å². The molecule has 4 nitrogen and oxygen atoms in total. The molecule has 21 heavy (non-hydrogen) atoms. The topological polar surface area (TPSA) is 55.0 Å². The fourth-order valence-corrected chi connectivity index (χ4v) is 4.34. The standard InChI is InChI=1S/C16H24N4S/c1-3-4-9-20(2)10-13-18-15(17)14-11-7-5-6-8-12(11)21-16(14)19-13/h3-10H2,1-2H3,(H2,17,18,19). The number of fused-ring (bicyclic) bond motifs is 3. The number of nitrogens with zero attached hydrogens (tertiary/aromatic N) is 3. The largest absolute Gasteiger partial charge is 0.383 e. The van der Waals surface area contributed by atoms with Crippen molar-refractivity contribution in [2.24, 2.45) is 0 Å². The number of thiophene rings is 1. The van der Waals surface area contributed by atoms with E-state index >= 15 is 0 Å². The Morgan fingerprint density at radius 1 is 1.24 bits per heavy atom. The maximum Gasteiger partial charge on any atom is 0.146 e. The van der Waals surface area contributed by atoms with Crippen molar-refractivity contribution in [2.45, 2.75) is 52.0 Å². The highest BCUT2D eigenvalue weighted by Gasteiger charge is 2.20. The van der Waals surface area contributed by atoms with Gasteiger partial charge in [0.2, 0.25) is 0 Å². The molecule has 1 aliphatic rings. The molecule has 3 rings (SSSR count). The van der Waals surface area contributed by atoms with Crippen molar-refractivity contribution >= 4 is 27.4 Å². The van der Waals surface area contributed by atoms with Gasteiger partial charge in [0.05, 0.1) is 11.9 Å². The number of hydrogen-bond donors (Lipinski definition) is 1. The van der Waals surface area contributed by atoms with Gasteiger partial charge in [-0.1, -0.05) is 13.3 Å². The number of aryl methyl sites for hydroxylation is 2. The molecule has 1 aliphatic carbocycles. The number of rotatable bonds is 5. The quantitative estimate of drug-likeness (QED) is 0.920. The van der Waals surface area contributed by atoms with Gasteiger partial charge >= 0.3 is 0 Å². The fraction of sp³-hybridized carbons (Fsp3) is 0.625.